The number of hydrogen-bond donors (Lipinski definition) is 2. The smallest absolute Gasteiger partial charge is 0.408 e. The van der Waals surface area contributed by atoms with Crippen molar-refractivity contribution in [2.24, 2.45) is 4.99 Å². The van der Waals surface area contributed by atoms with Crippen LogP contribution in [0.25, 0.3) is 0 Å². The zero-order chi connectivity index (χ0) is 17.3. The molecule has 1 aromatic heterocycles. The number of thioether (sulfide) groups is 1. The van der Waals surface area contributed by atoms with Crippen molar-refractivity contribution in [3.05, 3.63) is 16.1 Å². The van der Waals surface area contributed by atoms with Crippen LogP contribution >= 0.6 is 23.1 Å². The molecule has 0 saturated heterocycles. The summed E-state index contributed by atoms with van der Waals surface area (Å²) in [6, 6.07) is 0. The van der Waals surface area contributed by atoms with Gasteiger partial charge in [0.25, 0.3) is 0 Å². The van der Waals surface area contributed by atoms with Crippen molar-refractivity contribution < 1.29 is 19.4 Å². The Balaban J connectivity index is 1.97. The van der Waals surface area contributed by atoms with Gasteiger partial charge in [-0.3, -0.25) is 4.99 Å². The second-order valence-electron chi connectivity index (χ2n) is 6.27. The SMILES string of the molecule is CC(C)(C)OC(=O)NCc1nc(C2=N[C@](C)(C(=O)O)CS2)cs1. The molecule has 1 atom stereocenters. The third kappa shape index (κ3) is 4.68. The summed E-state index contributed by atoms with van der Waals surface area (Å²) in [5, 5.41) is 15.0. The van der Waals surface area contributed by atoms with E-state index in [2.05, 4.69) is 15.3 Å². The van der Waals surface area contributed by atoms with Gasteiger partial charge in [-0.2, -0.15) is 0 Å². The third-order valence-electron chi connectivity index (χ3n) is 2.85. The number of aliphatic carboxylic acids is 1. The molecule has 0 fully saturated rings. The highest BCUT2D eigenvalue weighted by Gasteiger charge is 2.39. The van der Waals surface area contributed by atoms with Gasteiger partial charge in [-0.1, -0.05) is 0 Å². The second kappa shape index (κ2) is 6.48. The molecule has 126 valence electrons. The number of carbonyl (C=O) groups is 2. The van der Waals surface area contributed by atoms with Gasteiger partial charge in [-0.05, 0) is 27.7 Å². The van der Waals surface area contributed by atoms with Crippen molar-refractivity contribution in [1.82, 2.24) is 10.3 Å². The number of carboxylic acid groups (broad SMARTS) is 1. The number of amides is 1. The maximum atomic E-state index is 11.6. The van der Waals surface area contributed by atoms with Gasteiger partial charge in [0.15, 0.2) is 5.54 Å². The normalized spacial score (nSPS) is 21.0. The van der Waals surface area contributed by atoms with E-state index in [0.717, 1.165) is 0 Å². The maximum absolute atomic E-state index is 11.6. The van der Waals surface area contributed by atoms with Crippen LogP contribution in [0.1, 0.15) is 38.4 Å². The van der Waals surface area contributed by atoms with E-state index in [-0.39, 0.29) is 6.54 Å². The van der Waals surface area contributed by atoms with E-state index in [1.54, 1.807) is 27.7 Å². The summed E-state index contributed by atoms with van der Waals surface area (Å²) in [5.74, 6) is -0.553. The van der Waals surface area contributed by atoms with Crippen molar-refractivity contribution in [3.63, 3.8) is 0 Å². The van der Waals surface area contributed by atoms with Crippen LogP contribution in [0.15, 0.2) is 10.4 Å². The van der Waals surface area contributed by atoms with Crippen molar-refractivity contribution in [2.45, 2.75) is 45.4 Å². The van der Waals surface area contributed by atoms with Gasteiger partial charge in [-0.15, -0.1) is 23.1 Å². The number of hydrogen-bond acceptors (Lipinski definition) is 7. The largest absolute Gasteiger partial charge is 0.479 e. The lowest BCUT2D eigenvalue weighted by Gasteiger charge is -2.19. The molecule has 0 saturated carbocycles. The van der Waals surface area contributed by atoms with Crippen LogP contribution in [0.5, 0.6) is 0 Å². The maximum Gasteiger partial charge on any atom is 0.408 e. The van der Waals surface area contributed by atoms with Crippen LogP contribution in [0.3, 0.4) is 0 Å². The number of nitrogens with one attached hydrogen (secondary N) is 1. The molecular formula is C14H19N3O4S2. The molecule has 2 N–H and O–H groups in total. The Morgan fingerprint density at radius 2 is 2.17 bits per heavy atom. The van der Waals surface area contributed by atoms with Gasteiger partial charge in [-0.25, -0.2) is 14.6 Å². The molecule has 0 spiro atoms. The van der Waals surface area contributed by atoms with E-state index in [9.17, 15) is 14.7 Å². The summed E-state index contributed by atoms with van der Waals surface area (Å²) in [5.41, 5.74) is -1.00. The molecule has 7 nitrogen and oxygen atoms in total. The topological polar surface area (TPSA) is 101 Å². The third-order valence-corrected chi connectivity index (χ3v) is 4.98. The van der Waals surface area contributed by atoms with E-state index in [4.69, 9.17) is 4.74 Å². The fourth-order valence-electron chi connectivity index (χ4n) is 1.69. The summed E-state index contributed by atoms with van der Waals surface area (Å²) in [6.07, 6.45) is -0.500. The Labute approximate surface area is 142 Å². The Kier molecular flexibility index (Phi) is 5.00. The van der Waals surface area contributed by atoms with Gasteiger partial charge in [0.05, 0.1) is 6.54 Å². The van der Waals surface area contributed by atoms with E-state index >= 15 is 0 Å². The molecule has 1 aliphatic heterocycles. The van der Waals surface area contributed by atoms with Gasteiger partial charge in [0.2, 0.25) is 0 Å². The van der Waals surface area contributed by atoms with Crippen molar-refractivity contribution in [1.29, 1.82) is 0 Å². The summed E-state index contributed by atoms with van der Waals surface area (Å²) >= 11 is 2.76. The molecule has 9 heteroatoms. The molecule has 1 amide bonds. The minimum atomic E-state index is -1.10. The number of carboxylic acids is 1. The molecule has 2 rings (SSSR count). The fourth-order valence-corrected chi connectivity index (χ4v) is 3.61. The van der Waals surface area contributed by atoms with E-state index in [0.29, 0.717) is 21.5 Å². The van der Waals surface area contributed by atoms with E-state index in [1.807, 2.05) is 5.38 Å². The predicted octanol–water partition coefficient (Wildman–Crippen LogP) is 2.50. The number of alkyl carbamates (subject to hydrolysis) is 1. The minimum Gasteiger partial charge on any atom is -0.479 e. The fraction of sp³-hybridized carbons (Fsp3) is 0.571. The summed E-state index contributed by atoms with van der Waals surface area (Å²) < 4.78 is 5.15. The molecule has 0 unspecified atom stereocenters. The molecule has 1 aromatic rings. The number of thiazole rings is 1. The molecule has 0 aromatic carbocycles. The zero-order valence-electron chi connectivity index (χ0n) is 13.4. The molecule has 0 radical (unpaired) electrons. The number of aliphatic imine (C=N–C) groups is 1. The average molecular weight is 357 g/mol. The highest BCUT2D eigenvalue weighted by atomic mass is 32.2. The average Bonchev–Trinajstić information content (AvgIpc) is 3.01. The Morgan fingerprint density at radius 1 is 1.48 bits per heavy atom. The lowest BCUT2D eigenvalue weighted by atomic mass is 10.1. The molecule has 23 heavy (non-hydrogen) atoms. The van der Waals surface area contributed by atoms with Crippen LogP contribution in [0, 0.1) is 0 Å². The van der Waals surface area contributed by atoms with Crippen LogP contribution in [0.2, 0.25) is 0 Å². The number of rotatable bonds is 4. The molecular weight excluding hydrogens is 338 g/mol. The number of nitrogens with zero attached hydrogens (tertiary/aromatic N) is 2. The van der Waals surface area contributed by atoms with Crippen LogP contribution in [-0.4, -0.2) is 44.1 Å². The highest BCUT2D eigenvalue weighted by Crippen LogP contribution is 2.31. The quantitative estimate of drug-likeness (QED) is 0.858. The first-order chi connectivity index (χ1) is 10.6. The minimum absolute atomic E-state index is 0.258. The Hall–Kier alpha value is -1.61. The number of carbonyl (C=O) groups excluding carboxylic acids is 1. The van der Waals surface area contributed by atoms with Crippen molar-refractivity contribution in [3.8, 4) is 0 Å². The Morgan fingerprint density at radius 3 is 2.74 bits per heavy atom. The first-order valence-electron chi connectivity index (χ1n) is 6.97. The van der Waals surface area contributed by atoms with E-state index in [1.165, 1.54) is 23.1 Å². The summed E-state index contributed by atoms with van der Waals surface area (Å²) in [7, 11) is 0. The molecule has 0 bridgehead atoms. The summed E-state index contributed by atoms with van der Waals surface area (Å²) in [6.45, 7) is 7.23. The highest BCUT2D eigenvalue weighted by molar-refractivity contribution is 8.14. The van der Waals surface area contributed by atoms with Crippen molar-refractivity contribution in [2.75, 3.05) is 5.75 Å². The molecule has 1 aliphatic rings. The lowest BCUT2D eigenvalue weighted by molar-refractivity contribution is -0.141. The lowest BCUT2D eigenvalue weighted by Crippen LogP contribution is -2.33. The van der Waals surface area contributed by atoms with Gasteiger partial charge in [0.1, 0.15) is 21.3 Å². The van der Waals surface area contributed by atoms with Gasteiger partial charge >= 0.3 is 12.1 Å². The number of ether oxygens (including phenoxy) is 1. The first kappa shape index (κ1) is 17.7. The molecule has 2 heterocycles. The van der Waals surface area contributed by atoms with Crippen molar-refractivity contribution >= 4 is 40.2 Å². The van der Waals surface area contributed by atoms with E-state index < -0.39 is 23.2 Å². The monoisotopic (exact) mass is 357 g/mol. The van der Waals surface area contributed by atoms with Crippen LogP contribution in [0.4, 0.5) is 4.79 Å². The second-order valence-corrected chi connectivity index (χ2v) is 8.17. The number of aromatic nitrogens is 1. The summed E-state index contributed by atoms with van der Waals surface area (Å²) in [4.78, 5) is 31.5. The first-order valence-corrected chi connectivity index (χ1v) is 8.83. The van der Waals surface area contributed by atoms with Crippen LogP contribution < -0.4 is 5.32 Å². The standard InChI is InChI=1S/C14H19N3O4S2/c1-13(2,3)21-12(20)15-5-9-16-8(6-22-9)10-17-14(4,7-23-10)11(18)19/h6H,5,7H2,1-4H3,(H,15,20)(H,18,19)/t14-/m0/s1. The predicted molar refractivity (Wildman–Crippen MR) is 90.2 cm³/mol. The van der Waals surface area contributed by atoms with Crippen LogP contribution in [-0.2, 0) is 16.1 Å². The van der Waals surface area contributed by atoms with Gasteiger partial charge in [0, 0.05) is 11.1 Å². The Bertz CT molecular complexity index is 651. The zero-order valence-corrected chi connectivity index (χ0v) is 15.0. The van der Waals surface area contributed by atoms with Gasteiger partial charge < -0.3 is 15.2 Å². The molecule has 0 aliphatic carbocycles.